The van der Waals surface area contributed by atoms with Crippen molar-refractivity contribution in [3.05, 3.63) is 59.2 Å². The number of nitrogens with one attached hydrogen (secondary N) is 1. The molecule has 1 saturated heterocycles. The van der Waals surface area contributed by atoms with Gasteiger partial charge in [-0.15, -0.1) is 0 Å². The SMILES string of the molecule is Cc1ccc(C)c(C(=O)CCC(=O)Nc2ccc(N3CCCC3=O)cc2)c1. The molecule has 1 N–H and O–H groups in total. The lowest BCUT2D eigenvalue weighted by atomic mass is 9.99. The minimum atomic E-state index is -0.196. The summed E-state index contributed by atoms with van der Waals surface area (Å²) in [6, 6.07) is 13.0. The Hall–Kier alpha value is -2.95. The summed E-state index contributed by atoms with van der Waals surface area (Å²) in [4.78, 5) is 38.1. The summed E-state index contributed by atoms with van der Waals surface area (Å²) in [5.41, 5.74) is 4.15. The van der Waals surface area contributed by atoms with E-state index >= 15 is 0 Å². The van der Waals surface area contributed by atoms with Gasteiger partial charge in [-0.2, -0.15) is 0 Å². The summed E-state index contributed by atoms with van der Waals surface area (Å²) < 4.78 is 0. The van der Waals surface area contributed by atoms with Gasteiger partial charge in [0.25, 0.3) is 0 Å². The Labute approximate surface area is 159 Å². The van der Waals surface area contributed by atoms with Crippen LogP contribution in [0, 0.1) is 13.8 Å². The van der Waals surface area contributed by atoms with Gasteiger partial charge in [-0.1, -0.05) is 17.7 Å². The Kier molecular flexibility index (Phi) is 5.69. The van der Waals surface area contributed by atoms with Crippen molar-refractivity contribution in [3.8, 4) is 0 Å². The number of aryl methyl sites for hydroxylation is 2. The summed E-state index contributed by atoms with van der Waals surface area (Å²) in [6.45, 7) is 4.59. The number of Topliss-reactive ketones (excluding diaryl/α,β-unsaturated/α-hetero) is 1. The fourth-order valence-corrected chi connectivity index (χ4v) is 3.27. The highest BCUT2D eigenvalue weighted by atomic mass is 16.2. The second-order valence-electron chi connectivity index (χ2n) is 6.99. The molecule has 0 aromatic heterocycles. The molecular formula is C22H24N2O3. The lowest BCUT2D eigenvalue weighted by Crippen LogP contribution is -2.23. The van der Waals surface area contributed by atoms with Gasteiger partial charge in [0.05, 0.1) is 0 Å². The molecule has 0 unspecified atom stereocenters. The van der Waals surface area contributed by atoms with Crippen molar-refractivity contribution in [2.24, 2.45) is 0 Å². The first-order chi connectivity index (χ1) is 12.9. The molecule has 1 fully saturated rings. The van der Waals surface area contributed by atoms with E-state index in [1.54, 1.807) is 17.0 Å². The highest BCUT2D eigenvalue weighted by Crippen LogP contribution is 2.23. The van der Waals surface area contributed by atoms with Gasteiger partial charge in [0.2, 0.25) is 11.8 Å². The van der Waals surface area contributed by atoms with Crippen LogP contribution in [0.2, 0.25) is 0 Å². The van der Waals surface area contributed by atoms with Crippen molar-refractivity contribution in [2.75, 3.05) is 16.8 Å². The molecular weight excluding hydrogens is 340 g/mol. The van der Waals surface area contributed by atoms with E-state index < -0.39 is 0 Å². The highest BCUT2D eigenvalue weighted by molar-refractivity contribution is 6.01. The summed E-state index contributed by atoms with van der Waals surface area (Å²) in [5.74, 6) is -0.0790. The monoisotopic (exact) mass is 364 g/mol. The summed E-state index contributed by atoms with van der Waals surface area (Å²) in [7, 11) is 0. The molecule has 0 atom stereocenters. The van der Waals surface area contributed by atoms with E-state index in [1.807, 2.05) is 44.2 Å². The van der Waals surface area contributed by atoms with Crippen LogP contribution in [0.5, 0.6) is 0 Å². The molecule has 5 nitrogen and oxygen atoms in total. The number of anilines is 2. The Morgan fingerprint density at radius 3 is 2.44 bits per heavy atom. The van der Waals surface area contributed by atoms with E-state index in [-0.39, 0.29) is 30.4 Å². The first-order valence-electron chi connectivity index (χ1n) is 9.25. The summed E-state index contributed by atoms with van der Waals surface area (Å²) in [5, 5.41) is 2.81. The topological polar surface area (TPSA) is 66.5 Å². The van der Waals surface area contributed by atoms with E-state index in [2.05, 4.69) is 5.32 Å². The van der Waals surface area contributed by atoms with Gasteiger partial charge in [-0.25, -0.2) is 0 Å². The molecule has 140 valence electrons. The van der Waals surface area contributed by atoms with Crippen LogP contribution in [0.25, 0.3) is 0 Å². The lowest BCUT2D eigenvalue weighted by Gasteiger charge is -2.16. The third-order valence-electron chi connectivity index (χ3n) is 4.81. The van der Waals surface area contributed by atoms with Crippen LogP contribution in [0.3, 0.4) is 0 Å². The van der Waals surface area contributed by atoms with Gasteiger partial charge in [0, 0.05) is 42.7 Å². The number of carbonyl (C=O) groups is 3. The maximum Gasteiger partial charge on any atom is 0.227 e. The zero-order chi connectivity index (χ0) is 19.4. The average Bonchev–Trinajstić information content (AvgIpc) is 3.08. The number of nitrogens with zero attached hydrogens (tertiary/aromatic N) is 1. The average molecular weight is 364 g/mol. The second-order valence-corrected chi connectivity index (χ2v) is 6.99. The number of amides is 2. The number of carbonyl (C=O) groups excluding carboxylic acids is 3. The largest absolute Gasteiger partial charge is 0.326 e. The number of hydrogen-bond donors (Lipinski definition) is 1. The molecule has 1 aliphatic heterocycles. The first-order valence-corrected chi connectivity index (χ1v) is 9.25. The van der Waals surface area contributed by atoms with Gasteiger partial charge in [0.15, 0.2) is 5.78 Å². The number of hydrogen-bond acceptors (Lipinski definition) is 3. The number of rotatable bonds is 6. The van der Waals surface area contributed by atoms with E-state index in [0.29, 0.717) is 17.7 Å². The van der Waals surface area contributed by atoms with Crippen LogP contribution >= 0.6 is 0 Å². The molecule has 2 amide bonds. The predicted octanol–water partition coefficient (Wildman–Crippen LogP) is 4.03. The smallest absolute Gasteiger partial charge is 0.227 e. The Balaban J connectivity index is 1.54. The molecule has 2 aromatic carbocycles. The van der Waals surface area contributed by atoms with Crippen molar-refractivity contribution in [1.82, 2.24) is 0 Å². The maximum absolute atomic E-state index is 12.4. The van der Waals surface area contributed by atoms with Crippen LogP contribution < -0.4 is 10.2 Å². The minimum absolute atomic E-state index is 0.0192. The van der Waals surface area contributed by atoms with Crippen LogP contribution in [-0.2, 0) is 9.59 Å². The second kappa shape index (κ2) is 8.16. The van der Waals surface area contributed by atoms with Gasteiger partial charge in [-0.3, -0.25) is 14.4 Å². The molecule has 1 heterocycles. The Morgan fingerprint density at radius 1 is 1.04 bits per heavy atom. The molecule has 27 heavy (non-hydrogen) atoms. The van der Waals surface area contributed by atoms with Gasteiger partial charge >= 0.3 is 0 Å². The fraction of sp³-hybridized carbons (Fsp3) is 0.318. The third kappa shape index (κ3) is 4.61. The van der Waals surface area contributed by atoms with Crippen LogP contribution in [0.15, 0.2) is 42.5 Å². The normalized spacial score (nSPS) is 13.7. The van der Waals surface area contributed by atoms with Crippen molar-refractivity contribution < 1.29 is 14.4 Å². The predicted molar refractivity (Wildman–Crippen MR) is 106 cm³/mol. The lowest BCUT2D eigenvalue weighted by molar-refractivity contribution is -0.117. The maximum atomic E-state index is 12.4. The molecule has 3 rings (SSSR count). The quantitative estimate of drug-likeness (QED) is 0.787. The summed E-state index contributed by atoms with van der Waals surface area (Å²) >= 11 is 0. The van der Waals surface area contributed by atoms with E-state index in [0.717, 1.165) is 29.8 Å². The minimum Gasteiger partial charge on any atom is -0.326 e. The van der Waals surface area contributed by atoms with E-state index in [1.165, 1.54) is 0 Å². The molecule has 0 bridgehead atoms. The summed E-state index contributed by atoms with van der Waals surface area (Å²) in [6.07, 6.45) is 1.79. The van der Waals surface area contributed by atoms with Gasteiger partial charge in [-0.05, 0) is 56.2 Å². The van der Waals surface area contributed by atoms with Crippen LogP contribution in [-0.4, -0.2) is 24.1 Å². The molecule has 2 aromatic rings. The number of benzene rings is 2. The van der Waals surface area contributed by atoms with Crippen molar-refractivity contribution in [3.63, 3.8) is 0 Å². The molecule has 1 aliphatic rings. The fourth-order valence-electron chi connectivity index (χ4n) is 3.27. The first kappa shape index (κ1) is 18.8. The van der Waals surface area contributed by atoms with Crippen LogP contribution in [0.4, 0.5) is 11.4 Å². The van der Waals surface area contributed by atoms with Crippen molar-refractivity contribution in [2.45, 2.75) is 39.5 Å². The molecule has 0 radical (unpaired) electrons. The molecule has 5 heteroatoms. The van der Waals surface area contributed by atoms with Gasteiger partial charge < -0.3 is 10.2 Å². The zero-order valence-electron chi connectivity index (χ0n) is 15.7. The van der Waals surface area contributed by atoms with E-state index in [4.69, 9.17) is 0 Å². The van der Waals surface area contributed by atoms with Gasteiger partial charge in [0.1, 0.15) is 0 Å². The standard InChI is InChI=1S/C22H24N2O3/c1-15-5-6-16(2)19(14-15)20(25)11-12-21(26)23-17-7-9-18(10-8-17)24-13-3-4-22(24)27/h5-10,14H,3-4,11-13H2,1-2H3,(H,23,26). The van der Waals surface area contributed by atoms with Crippen LogP contribution in [0.1, 0.15) is 47.2 Å². The van der Waals surface area contributed by atoms with Crippen molar-refractivity contribution >= 4 is 29.0 Å². The van der Waals surface area contributed by atoms with Crippen molar-refractivity contribution in [1.29, 1.82) is 0 Å². The zero-order valence-corrected chi connectivity index (χ0v) is 15.7. The Bertz CT molecular complexity index is 872. The third-order valence-corrected chi connectivity index (χ3v) is 4.81. The molecule has 0 spiro atoms. The van der Waals surface area contributed by atoms with E-state index in [9.17, 15) is 14.4 Å². The Morgan fingerprint density at radius 2 is 1.78 bits per heavy atom. The molecule has 0 aliphatic carbocycles. The number of ketones is 1. The molecule has 0 saturated carbocycles. The highest BCUT2D eigenvalue weighted by Gasteiger charge is 2.21.